The van der Waals surface area contributed by atoms with Crippen molar-refractivity contribution in [1.82, 2.24) is 20.2 Å². The summed E-state index contributed by atoms with van der Waals surface area (Å²) in [5.74, 6) is 0.557. The zero-order valence-electron chi connectivity index (χ0n) is 18.6. The first-order valence-electron chi connectivity index (χ1n) is 11.0. The lowest BCUT2D eigenvalue weighted by molar-refractivity contribution is 0.0437. The summed E-state index contributed by atoms with van der Waals surface area (Å²) in [6.45, 7) is 13.6. The van der Waals surface area contributed by atoms with E-state index in [0.29, 0.717) is 16.7 Å². The van der Waals surface area contributed by atoms with Crippen LogP contribution in [0.1, 0.15) is 83.6 Å². The van der Waals surface area contributed by atoms with Crippen molar-refractivity contribution in [3.05, 3.63) is 16.9 Å². The maximum atomic E-state index is 13.7. The number of piperidine rings is 1. The molecular formula is C22H36ClN5O. The van der Waals surface area contributed by atoms with Crippen LogP contribution in [0.25, 0.3) is 0 Å². The van der Waals surface area contributed by atoms with Gasteiger partial charge in [-0.15, -0.1) is 0 Å². The van der Waals surface area contributed by atoms with Crippen LogP contribution in [0, 0.1) is 0 Å². The number of anilines is 1. The number of nitrogens with zero attached hydrogens (tertiary/aromatic N) is 4. The van der Waals surface area contributed by atoms with Gasteiger partial charge in [0.05, 0.1) is 11.2 Å². The second-order valence-electron chi connectivity index (χ2n) is 9.87. The van der Waals surface area contributed by atoms with Gasteiger partial charge in [0.25, 0.3) is 5.91 Å². The summed E-state index contributed by atoms with van der Waals surface area (Å²) < 4.78 is 0. The van der Waals surface area contributed by atoms with E-state index in [1.165, 1.54) is 0 Å². The van der Waals surface area contributed by atoms with E-state index in [9.17, 15) is 4.79 Å². The van der Waals surface area contributed by atoms with E-state index in [2.05, 4.69) is 54.8 Å². The van der Waals surface area contributed by atoms with Gasteiger partial charge in [-0.05, 0) is 59.8 Å². The van der Waals surface area contributed by atoms with Gasteiger partial charge in [-0.1, -0.05) is 24.9 Å². The quantitative estimate of drug-likeness (QED) is 0.742. The lowest BCUT2D eigenvalue weighted by Gasteiger charge is -2.49. The zero-order chi connectivity index (χ0) is 21.2. The van der Waals surface area contributed by atoms with Crippen LogP contribution in [0.5, 0.6) is 0 Å². The maximum Gasteiger partial charge on any atom is 0.274 e. The standard InChI is InChI=1S/C22H36ClN5O/c1-6-7-12-28(16-13-21(2,3)26-22(4,5)14-16)19(29)18-17(23)15-24-20(25-18)27-10-8-9-11-27/h15-16,26H,6-14H2,1-5H3. The molecule has 0 bridgehead atoms. The predicted molar refractivity (Wildman–Crippen MR) is 119 cm³/mol. The number of halogens is 1. The Hall–Kier alpha value is -1.40. The molecule has 162 valence electrons. The number of carbonyl (C=O) groups is 1. The third-order valence-electron chi connectivity index (χ3n) is 5.95. The minimum absolute atomic E-state index is 0.0344. The molecule has 3 heterocycles. The molecule has 1 aromatic heterocycles. The van der Waals surface area contributed by atoms with E-state index >= 15 is 0 Å². The number of carbonyl (C=O) groups excluding carboxylic acids is 1. The van der Waals surface area contributed by atoms with Crippen LogP contribution in [0.2, 0.25) is 5.02 Å². The monoisotopic (exact) mass is 421 g/mol. The molecule has 0 saturated carbocycles. The molecule has 7 heteroatoms. The Bertz CT molecular complexity index is 714. The second-order valence-corrected chi connectivity index (χ2v) is 10.3. The molecule has 0 unspecified atom stereocenters. The molecule has 0 aliphatic carbocycles. The Morgan fingerprint density at radius 1 is 1.24 bits per heavy atom. The SMILES string of the molecule is CCCCN(C(=O)c1nc(N2CCCC2)ncc1Cl)C1CC(C)(C)NC(C)(C)C1. The van der Waals surface area contributed by atoms with E-state index in [1.807, 2.05) is 4.90 Å². The molecule has 2 saturated heterocycles. The van der Waals surface area contributed by atoms with Crippen LogP contribution in [-0.4, -0.2) is 57.5 Å². The van der Waals surface area contributed by atoms with Crippen molar-refractivity contribution in [2.45, 2.75) is 90.3 Å². The smallest absolute Gasteiger partial charge is 0.274 e. The fourth-order valence-electron chi connectivity index (χ4n) is 4.98. The highest BCUT2D eigenvalue weighted by molar-refractivity contribution is 6.33. The van der Waals surface area contributed by atoms with Gasteiger partial charge in [0, 0.05) is 36.8 Å². The van der Waals surface area contributed by atoms with Gasteiger partial charge >= 0.3 is 0 Å². The summed E-state index contributed by atoms with van der Waals surface area (Å²) in [5.41, 5.74) is 0.273. The average Bonchev–Trinajstić information content (AvgIpc) is 3.14. The van der Waals surface area contributed by atoms with Gasteiger partial charge in [-0.25, -0.2) is 9.97 Å². The Kier molecular flexibility index (Phi) is 6.74. The van der Waals surface area contributed by atoms with Gasteiger partial charge in [0.15, 0.2) is 5.69 Å². The van der Waals surface area contributed by atoms with Crippen molar-refractivity contribution < 1.29 is 4.79 Å². The first-order chi connectivity index (χ1) is 13.6. The molecule has 0 aromatic carbocycles. The molecule has 1 N–H and O–H groups in total. The Labute approximate surface area is 180 Å². The highest BCUT2D eigenvalue weighted by atomic mass is 35.5. The topological polar surface area (TPSA) is 61.4 Å². The highest BCUT2D eigenvalue weighted by Gasteiger charge is 2.41. The summed E-state index contributed by atoms with van der Waals surface area (Å²) in [6, 6.07) is 0.154. The van der Waals surface area contributed by atoms with Crippen LogP contribution in [0.15, 0.2) is 6.20 Å². The summed E-state index contributed by atoms with van der Waals surface area (Å²) in [7, 11) is 0. The average molecular weight is 422 g/mol. The van der Waals surface area contributed by atoms with E-state index in [4.69, 9.17) is 11.6 Å². The maximum absolute atomic E-state index is 13.7. The lowest BCUT2D eigenvalue weighted by Crippen LogP contribution is -2.63. The first kappa shape index (κ1) is 22.3. The van der Waals surface area contributed by atoms with Gasteiger partial charge in [0.1, 0.15) is 0 Å². The third-order valence-corrected chi connectivity index (χ3v) is 6.22. The van der Waals surface area contributed by atoms with Gasteiger partial charge in [0.2, 0.25) is 5.95 Å². The normalized spacial score (nSPS) is 21.4. The number of hydrogen-bond donors (Lipinski definition) is 1. The molecule has 29 heavy (non-hydrogen) atoms. The van der Waals surface area contributed by atoms with Crippen molar-refractivity contribution in [1.29, 1.82) is 0 Å². The number of aromatic nitrogens is 2. The summed E-state index contributed by atoms with van der Waals surface area (Å²) in [4.78, 5) is 26.8. The van der Waals surface area contributed by atoms with Gasteiger partial charge in [-0.3, -0.25) is 4.79 Å². The predicted octanol–water partition coefficient (Wildman–Crippen LogP) is 4.28. The van der Waals surface area contributed by atoms with E-state index in [0.717, 1.165) is 58.2 Å². The van der Waals surface area contributed by atoms with Crippen LogP contribution >= 0.6 is 11.6 Å². The second kappa shape index (κ2) is 8.76. The Morgan fingerprint density at radius 3 is 2.45 bits per heavy atom. The van der Waals surface area contributed by atoms with Crippen molar-refractivity contribution in [2.75, 3.05) is 24.5 Å². The van der Waals surface area contributed by atoms with Crippen LogP contribution < -0.4 is 10.2 Å². The largest absolute Gasteiger partial charge is 0.341 e. The van der Waals surface area contributed by atoms with Crippen LogP contribution in [-0.2, 0) is 0 Å². The first-order valence-corrected chi connectivity index (χ1v) is 11.4. The van der Waals surface area contributed by atoms with Gasteiger partial charge in [-0.2, -0.15) is 0 Å². The summed E-state index contributed by atoms with van der Waals surface area (Å²) in [5, 5.41) is 4.05. The molecule has 0 spiro atoms. The molecule has 1 aromatic rings. The molecule has 2 fully saturated rings. The fraction of sp³-hybridized carbons (Fsp3) is 0.773. The molecule has 3 rings (SSSR count). The fourth-order valence-corrected chi connectivity index (χ4v) is 5.15. The summed E-state index contributed by atoms with van der Waals surface area (Å²) in [6.07, 6.45) is 7.69. The lowest BCUT2D eigenvalue weighted by atomic mass is 9.79. The Morgan fingerprint density at radius 2 is 1.86 bits per heavy atom. The third kappa shape index (κ3) is 5.40. The van der Waals surface area contributed by atoms with Crippen molar-refractivity contribution in [3.63, 3.8) is 0 Å². The van der Waals surface area contributed by atoms with Crippen LogP contribution in [0.4, 0.5) is 5.95 Å². The minimum Gasteiger partial charge on any atom is -0.341 e. The van der Waals surface area contributed by atoms with Gasteiger partial charge < -0.3 is 15.1 Å². The van der Waals surface area contributed by atoms with Crippen molar-refractivity contribution in [3.8, 4) is 0 Å². The molecule has 6 nitrogen and oxygen atoms in total. The molecule has 1 amide bonds. The highest BCUT2D eigenvalue weighted by Crippen LogP contribution is 2.33. The number of amides is 1. The van der Waals surface area contributed by atoms with E-state index in [-0.39, 0.29) is 23.0 Å². The number of nitrogens with one attached hydrogen (secondary N) is 1. The summed E-state index contributed by atoms with van der Waals surface area (Å²) >= 11 is 6.42. The number of unbranched alkanes of at least 4 members (excludes halogenated alkanes) is 1. The van der Waals surface area contributed by atoms with Crippen LogP contribution in [0.3, 0.4) is 0 Å². The zero-order valence-corrected chi connectivity index (χ0v) is 19.3. The number of hydrogen-bond acceptors (Lipinski definition) is 5. The molecule has 0 atom stereocenters. The minimum atomic E-state index is -0.0650. The Balaban J connectivity index is 1.90. The molecule has 2 aliphatic rings. The van der Waals surface area contributed by atoms with E-state index < -0.39 is 0 Å². The molecular weight excluding hydrogens is 386 g/mol. The molecule has 0 radical (unpaired) electrons. The van der Waals surface area contributed by atoms with Crippen molar-refractivity contribution >= 4 is 23.5 Å². The van der Waals surface area contributed by atoms with E-state index in [1.54, 1.807) is 6.20 Å². The van der Waals surface area contributed by atoms with Crippen molar-refractivity contribution in [2.24, 2.45) is 0 Å². The molecule has 2 aliphatic heterocycles. The number of rotatable bonds is 6.